The third kappa shape index (κ3) is 2.19. The first-order chi connectivity index (χ1) is 5.77. The second-order valence-corrected chi connectivity index (χ2v) is 3.12. The maximum absolute atomic E-state index is 5.55. The standard InChI is InChI=1S/C8H16N2O2/c1-6-3-7(4-11-2)12-8(6)10-5-9/h5-8H,3-4H2,1-2H3,(H2,9,10)/t6-,7+,8-/m1/s1. The predicted octanol–water partition coefficient (Wildman–Crippen LogP) is 0.371. The number of hydrogen-bond donors (Lipinski definition) is 1. The van der Waals surface area contributed by atoms with E-state index in [0.717, 1.165) is 6.42 Å². The molecule has 0 radical (unpaired) electrons. The molecule has 12 heavy (non-hydrogen) atoms. The molecule has 70 valence electrons. The molecule has 3 atom stereocenters. The highest BCUT2D eigenvalue weighted by Gasteiger charge is 2.31. The van der Waals surface area contributed by atoms with Gasteiger partial charge in [-0.05, 0) is 6.42 Å². The van der Waals surface area contributed by atoms with Gasteiger partial charge in [0.25, 0.3) is 0 Å². The molecule has 1 aliphatic heterocycles. The van der Waals surface area contributed by atoms with Crippen LogP contribution >= 0.6 is 0 Å². The Hall–Kier alpha value is -0.610. The lowest BCUT2D eigenvalue weighted by Gasteiger charge is -2.09. The first-order valence-electron chi connectivity index (χ1n) is 4.15. The molecule has 1 fully saturated rings. The van der Waals surface area contributed by atoms with E-state index in [-0.39, 0.29) is 12.3 Å². The highest BCUT2D eigenvalue weighted by molar-refractivity contribution is 5.51. The summed E-state index contributed by atoms with van der Waals surface area (Å²) in [6, 6.07) is 0. The summed E-state index contributed by atoms with van der Waals surface area (Å²) in [6.07, 6.45) is 2.40. The summed E-state index contributed by atoms with van der Waals surface area (Å²) in [7, 11) is 1.67. The summed E-state index contributed by atoms with van der Waals surface area (Å²) in [5, 5.41) is 0. The van der Waals surface area contributed by atoms with Gasteiger partial charge < -0.3 is 15.2 Å². The zero-order chi connectivity index (χ0) is 8.97. The van der Waals surface area contributed by atoms with Gasteiger partial charge in [0.15, 0.2) is 6.23 Å². The number of aliphatic imine (C=N–C) groups is 1. The number of nitrogens with zero attached hydrogens (tertiary/aromatic N) is 1. The normalized spacial score (nSPS) is 36.3. The fourth-order valence-corrected chi connectivity index (χ4v) is 1.48. The van der Waals surface area contributed by atoms with Crippen molar-refractivity contribution in [3.05, 3.63) is 0 Å². The quantitative estimate of drug-likeness (QED) is 0.494. The topological polar surface area (TPSA) is 56.8 Å². The van der Waals surface area contributed by atoms with Crippen LogP contribution in [0.4, 0.5) is 0 Å². The molecule has 0 aromatic heterocycles. The first-order valence-corrected chi connectivity index (χ1v) is 4.15. The summed E-state index contributed by atoms with van der Waals surface area (Å²) < 4.78 is 10.5. The summed E-state index contributed by atoms with van der Waals surface area (Å²) in [4.78, 5) is 4.01. The first kappa shape index (κ1) is 9.48. The van der Waals surface area contributed by atoms with Crippen LogP contribution in [0.1, 0.15) is 13.3 Å². The van der Waals surface area contributed by atoms with Gasteiger partial charge in [-0.3, -0.25) is 0 Å². The van der Waals surface area contributed by atoms with Crippen LogP contribution in [-0.2, 0) is 9.47 Å². The van der Waals surface area contributed by atoms with Gasteiger partial charge >= 0.3 is 0 Å². The Morgan fingerprint density at radius 2 is 2.50 bits per heavy atom. The molecule has 0 spiro atoms. The Kier molecular flexibility index (Phi) is 3.49. The molecule has 1 rings (SSSR count). The number of nitrogens with two attached hydrogens (primary N) is 1. The van der Waals surface area contributed by atoms with E-state index in [9.17, 15) is 0 Å². The molecule has 0 aromatic carbocycles. The van der Waals surface area contributed by atoms with Crippen molar-refractivity contribution in [3.63, 3.8) is 0 Å². The third-order valence-corrected chi connectivity index (χ3v) is 2.04. The maximum Gasteiger partial charge on any atom is 0.153 e. The Morgan fingerprint density at radius 1 is 1.75 bits per heavy atom. The SMILES string of the molecule is COC[C@@H]1C[C@@H](C)[C@H](N=CN)O1. The van der Waals surface area contributed by atoms with Crippen LogP contribution in [0, 0.1) is 5.92 Å². The minimum absolute atomic E-state index is 0.0739. The summed E-state index contributed by atoms with van der Waals surface area (Å²) in [6.45, 7) is 2.74. The van der Waals surface area contributed by atoms with Gasteiger partial charge in [0.2, 0.25) is 0 Å². The Labute approximate surface area is 72.8 Å². The third-order valence-electron chi connectivity index (χ3n) is 2.04. The fourth-order valence-electron chi connectivity index (χ4n) is 1.48. The van der Waals surface area contributed by atoms with Gasteiger partial charge in [0, 0.05) is 13.0 Å². The zero-order valence-corrected chi connectivity index (χ0v) is 7.56. The number of hydrogen-bond acceptors (Lipinski definition) is 3. The van der Waals surface area contributed by atoms with Crippen LogP contribution in [0.5, 0.6) is 0 Å². The maximum atomic E-state index is 5.55. The number of methoxy groups -OCH3 is 1. The van der Waals surface area contributed by atoms with E-state index in [1.807, 2.05) is 0 Å². The second-order valence-electron chi connectivity index (χ2n) is 3.12. The molecule has 0 aliphatic carbocycles. The molecule has 0 saturated carbocycles. The molecule has 0 unspecified atom stereocenters. The number of rotatable bonds is 3. The van der Waals surface area contributed by atoms with E-state index in [2.05, 4.69) is 11.9 Å². The van der Waals surface area contributed by atoms with Gasteiger partial charge in [-0.1, -0.05) is 6.92 Å². The van der Waals surface area contributed by atoms with Crippen molar-refractivity contribution in [2.24, 2.45) is 16.6 Å². The molecule has 0 bridgehead atoms. The molecule has 4 nitrogen and oxygen atoms in total. The van der Waals surface area contributed by atoms with Gasteiger partial charge in [-0.15, -0.1) is 0 Å². The average Bonchev–Trinajstić information content (AvgIpc) is 2.34. The van der Waals surface area contributed by atoms with Gasteiger partial charge in [-0.2, -0.15) is 0 Å². The Morgan fingerprint density at radius 3 is 3.08 bits per heavy atom. The molecular weight excluding hydrogens is 156 g/mol. The van der Waals surface area contributed by atoms with Crippen molar-refractivity contribution in [2.75, 3.05) is 13.7 Å². The molecule has 0 aromatic rings. The highest BCUT2D eigenvalue weighted by atomic mass is 16.5. The van der Waals surface area contributed by atoms with Crippen molar-refractivity contribution >= 4 is 6.34 Å². The van der Waals surface area contributed by atoms with Gasteiger partial charge in [-0.25, -0.2) is 4.99 Å². The molecule has 1 saturated heterocycles. The summed E-state index contributed by atoms with van der Waals surface area (Å²) >= 11 is 0. The lowest BCUT2D eigenvalue weighted by molar-refractivity contribution is -0.00178. The minimum atomic E-state index is -0.0739. The van der Waals surface area contributed by atoms with Gasteiger partial charge in [0.1, 0.15) is 0 Å². The van der Waals surface area contributed by atoms with E-state index in [1.54, 1.807) is 7.11 Å². The Balaban J connectivity index is 2.39. The van der Waals surface area contributed by atoms with E-state index >= 15 is 0 Å². The van der Waals surface area contributed by atoms with Crippen molar-refractivity contribution in [1.29, 1.82) is 0 Å². The summed E-state index contributed by atoms with van der Waals surface area (Å²) in [5.41, 5.74) is 5.19. The van der Waals surface area contributed by atoms with E-state index in [4.69, 9.17) is 15.2 Å². The average molecular weight is 172 g/mol. The van der Waals surface area contributed by atoms with Crippen molar-refractivity contribution < 1.29 is 9.47 Å². The summed E-state index contributed by atoms with van der Waals surface area (Å²) in [5.74, 6) is 0.435. The van der Waals surface area contributed by atoms with E-state index in [1.165, 1.54) is 6.34 Å². The number of ether oxygens (including phenoxy) is 2. The van der Waals surface area contributed by atoms with Crippen molar-refractivity contribution in [3.8, 4) is 0 Å². The highest BCUT2D eigenvalue weighted by Crippen LogP contribution is 2.26. The zero-order valence-electron chi connectivity index (χ0n) is 7.56. The predicted molar refractivity (Wildman–Crippen MR) is 47.0 cm³/mol. The van der Waals surface area contributed by atoms with E-state index in [0.29, 0.717) is 12.5 Å². The Bertz CT molecular complexity index is 161. The van der Waals surface area contributed by atoms with Crippen LogP contribution in [-0.4, -0.2) is 32.4 Å². The van der Waals surface area contributed by atoms with Crippen LogP contribution in [0.3, 0.4) is 0 Å². The van der Waals surface area contributed by atoms with Crippen LogP contribution < -0.4 is 5.73 Å². The van der Waals surface area contributed by atoms with Gasteiger partial charge in [0.05, 0.1) is 19.0 Å². The molecule has 0 amide bonds. The van der Waals surface area contributed by atoms with Crippen LogP contribution in [0.2, 0.25) is 0 Å². The lowest BCUT2D eigenvalue weighted by atomic mass is 10.1. The molecule has 2 N–H and O–H groups in total. The van der Waals surface area contributed by atoms with Crippen molar-refractivity contribution in [2.45, 2.75) is 25.7 Å². The molecule has 1 heterocycles. The van der Waals surface area contributed by atoms with E-state index < -0.39 is 0 Å². The smallest absolute Gasteiger partial charge is 0.153 e. The lowest BCUT2D eigenvalue weighted by Crippen LogP contribution is -2.16. The monoisotopic (exact) mass is 172 g/mol. The van der Waals surface area contributed by atoms with Crippen molar-refractivity contribution in [1.82, 2.24) is 0 Å². The fraction of sp³-hybridized carbons (Fsp3) is 0.875. The van der Waals surface area contributed by atoms with Crippen LogP contribution in [0.15, 0.2) is 4.99 Å². The second kappa shape index (κ2) is 4.42. The molecule has 4 heteroatoms. The molecular formula is C8H16N2O2. The minimum Gasteiger partial charge on any atom is -0.390 e. The van der Waals surface area contributed by atoms with Crippen LogP contribution in [0.25, 0.3) is 0 Å². The molecule has 1 aliphatic rings. The largest absolute Gasteiger partial charge is 0.390 e.